The summed E-state index contributed by atoms with van der Waals surface area (Å²) in [5, 5.41) is 4.30. The van der Waals surface area contributed by atoms with Gasteiger partial charge in [-0.25, -0.2) is 9.97 Å². The van der Waals surface area contributed by atoms with Crippen molar-refractivity contribution in [2.45, 2.75) is 24.6 Å². The van der Waals surface area contributed by atoms with Crippen LogP contribution in [0.5, 0.6) is 0 Å². The number of carbonyl (C=O) groups is 1. The first-order valence-electron chi connectivity index (χ1n) is 8.21. The molecular formula is C20H17Cl2N3OS. The predicted molar refractivity (Wildman–Crippen MR) is 112 cm³/mol. The lowest BCUT2D eigenvalue weighted by Gasteiger charge is -2.11. The predicted octanol–water partition coefficient (Wildman–Crippen LogP) is 5.94. The van der Waals surface area contributed by atoms with Crippen molar-refractivity contribution >= 4 is 46.6 Å². The number of aryl methyl sites for hydroxylation is 2. The molecule has 2 heterocycles. The summed E-state index contributed by atoms with van der Waals surface area (Å²) in [6, 6.07) is 13.0. The third kappa shape index (κ3) is 5.22. The van der Waals surface area contributed by atoms with Gasteiger partial charge in [0.05, 0.1) is 5.56 Å². The van der Waals surface area contributed by atoms with Gasteiger partial charge in [-0.1, -0.05) is 35.3 Å². The zero-order valence-corrected chi connectivity index (χ0v) is 17.1. The third-order valence-electron chi connectivity index (χ3n) is 3.86. The molecule has 3 rings (SSSR count). The maximum atomic E-state index is 12.8. The Morgan fingerprint density at radius 2 is 1.85 bits per heavy atom. The number of carbonyl (C=O) groups excluding carboxylic acids is 1. The largest absolute Gasteiger partial charge is 0.322 e. The van der Waals surface area contributed by atoms with Crippen LogP contribution in [0.4, 0.5) is 5.69 Å². The first-order chi connectivity index (χ1) is 12.9. The monoisotopic (exact) mass is 417 g/mol. The highest BCUT2D eigenvalue weighted by Gasteiger charge is 2.14. The molecule has 1 aromatic carbocycles. The van der Waals surface area contributed by atoms with E-state index in [1.807, 2.05) is 32.0 Å². The number of nitrogens with zero attached hydrogens (tertiary/aromatic N) is 2. The van der Waals surface area contributed by atoms with Crippen LogP contribution in [-0.2, 0) is 5.75 Å². The third-order valence-corrected chi connectivity index (χ3v) is 5.32. The van der Waals surface area contributed by atoms with Crippen LogP contribution in [0.3, 0.4) is 0 Å². The molecule has 2 aromatic heterocycles. The van der Waals surface area contributed by atoms with E-state index in [2.05, 4.69) is 15.3 Å². The zero-order chi connectivity index (χ0) is 19.4. The number of rotatable bonds is 5. The maximum Gasteiger partial charge on any atom is 0.258 e. The van der Waals surface area contributed by atoms with Gasteiger partial charge in [0.2, 0.25) is 0 Å². The molecular weight excluding hydrogens is 401 g/mol. The number of hydrogen-bond acceptors (Lipinski definition) is 4. The van der Waals surface area contributed by atoms with Gasteiger partial charge in [0.15, 0.2) is 0 Å². The molecule has 0 atom stereocenters. The molecule has 1 amide bonds. The number of benzene rings is 1. The molecule has 0 saturated heterocycles. The number of halogens is 2. The van der Waals surface area contributed by atoms with Crippen LogP contribution in [0, 0.1) is 13.8 Å². The van der Waals surface area contributed by atoms with Gasteiger partial charge in [0, 0.05) is 17.6 Å². The molecule has 7 heteroatoms. The first kappa shape index (κ1) is 19.7. The first-order valence-corrected chi connectivity index (χ1v) is 9.95. The van der Waals surface area contributed by atoms with E-state index in [0.29, 0.717) is 26.6 Å². The van der Waals surface area contributed by atoms with Crippen molar-refractivity contribution in [2.24, 2.45) is 0 Å². The van der Waals surface area contributed by atoms with Crippen LogP contribution in [0.1, 0.15) is 27.0 Å². The fraction of sp³-hybridized carbons (Fsp3) is 0.150. The smallest absolute Gasteiger partial charge is 0.258 e. The van der Waals surface area contributed by atoms with Gasteiger partial charge < -0.3 is 5.32 Å². The summed E-state index contributed by atoms with van der Waals surface area (Å²) >= 11 is 13.3. The Bertz CT molecular complexity index is 974. The van der Waals surface area contributed by atoms with Crippen LogP contribution in [0.25, 0.3) is 0 Å². The molecule has 0 saturated carbocycles. The van der Waals surface area contributed by atoms with Crippen molar-refractivity contribution in [3.05, 3.63) is 81.2 Å². The lowest BCUT2D eigenvalue weighted by molar-refractivity contribution is 0.102. The molecule has 1 N–H and O–H groups in total. The normalized spacial score (nSPS) is 10.7. The molecule has 3 aromatic rings. The average molecular weight is 418 g/mol. The molecule has 0 bridgehead atoms. The van der Waals surface area contributed by atoms with Gasteiger partial charge in [-0.05, 0) is 60.9 Å². The minimum absolute atomic E-state index is 0.190. The van der Waals surface area contributed by atoms with Crippen LogP contribution in [0.15, 0.2) is 53.7 Å². The topological polar surface area (TPSA) is 54.9 Å². The van der Waals surface area contributed by atoms with Crippen LogP contribution in [0.2, 0.25) is 10.3 Å². The minimum atomic E-state index is -0.190. The molecule has 0 radical (unpaired) electrons. The van der Waals surface area contributed by atoms with Crippen LogP contribution >= 0.6 is 35.0 Å². The Labute approximate surface area is 172 Å². The van der Waals surface area contributed by atoms with Gasteiger partial charge >= 0.3 is 0 Å². The van der Waals surface area contributed by atoms with Crippen molar-refractivity contribution in [2.75, 3.05) is 5.32 Å². The van der Waals surface area contributed by atoms with E-state index >= 15 is 0 Å². The minimum Gasteiger partial charge on any atom is -0.322 e. The van der Waals surface area contributed by atoms with Gasteiger partial charge in [0.1, 0.15) is 15.3 Å². The van der Waals surface area contributed by atoms with E-state index in [9.17, 15) is 4.79 Å². The van der Waals surface area contributed by atoms with E-state index in [0.717, 1.165) is 22.4 Å². The van der Waals surface area contributed by atoms with Gasteiger partial charge in [-0.2, -0.15) is 0 Å². The molecule has 0 aliphatic heterocycles. The van der Waals surface area contributed by atoms with E-state index in [1.165, 1.54) is 11.8 Å². The zero-order valence-electron chi connectivity index (χ0n) is 14.8. The van der Waals surface area contributed by atoms with Crippen molar-refractivity contribution in [1.29, 1.82) is 0 Å². The highest BCUT2D eigenvalue weighted by Crippen LogP contribution is 2.27. The number of nitrogens with one attached hydrogen (secondary N) is 1. The fourth-order valence-corrected chi connectivity index (χ4v) is 3.92. The molecule has 0 unspecified atom stereocenters. The number of thioether (sulfide) groups is 1. The van der Waals surface area contributed by atoms with Crippen molar-refractivity contribution in [3.63, 3.8) is 0 Å². The van der Waals surface area contributed by atoms with E-state index in [1.54, 1.807) is 30.5 Å². The van der Waals surface area contributed by atoms with Gasteiger partial charge in [-0.15, -0.1) is 11.8 Å². The second-order valence-electron chi connectivity index (χ2n) is 6.04. The maximum absolute atomic E-state index is 12.8. The molecule has 0 aliphatic rings. The molecule has 4 nitrogen and oxygen atoms in total. The summed E-state index contributed by atoms with van der Waals surface area (Å²) in [6.45, 7) is 3.95. The fourth-order valence-electron chi connectivity index (χ4n) is 2.49. The van der Waals surface area contributed by atoms with Gasteiger partial charge in [-0.3, -0.25) is 4.79 Å². The summed E-state index contributed by atoms with van der Waals surface area (Å²) in [6.07, 6.45) is 1.67. The Hall–Kier alpha value is -2.08. The van der Waals surface area contributed by atoms with Crippen LogP contribution < -0.4 is 5.32 Å². The summed E-state index contributed by atoms with van der Waals surface area (Å²) in [4.78, 5) is 21.1. The molecule has 0 aliphatic carbocycles. The lowest BCUT2D eigenvalue weighted by Crippen LogP contribution is -2.14. The Kier molecular flexibility index (Phi) is 6.37. The number of pyridine rings is 2. The molecule has 0 fully saturated rings. The number of amides is 1. The van der Waals surface area contributed by atoms with E-state index in [4.69, 9.17) is 23.2 Å². The highest BCUT2D eigenvalue weighted by atomic mass is 35.5. The highest BCUT2D eigenvalue weighted by molar-refractivity contribution is 7.98. The summed E-state index contributed by atoms with van der Waals surface area (Å²) in [7, 11) is 0. The molecule has 27 heavy (non-hydrogen) atoms. The summed E-state index contributed by atoms with van der Waals surface area (Å²) in [5.74, 6) is 0.382. The quantitative estimate of drug-likeness (QED) is 0.411. The Morgan fingerprint density at radius 3 is 2.59 bits per heavy atom. The number of anilines is 1. The second kappa shape index (κ2) is 8.74. The summed E-state index contributed by atoms with van der Waals surface area (Å²) in [5.41, 5.74) is 4.33. The average Bonchev–Trinajstić information content (AvgIpc) is 2.62. The second-order valence-corrected chi connectivity index (χ2v) is 7.78. The summed E-state index contributed by atoms with van der Waals surface area (Å²) < 4.78 is 0. The number of hydrogen-bond donors (Lipinski definition) is 1. The van der Waals surface area contributed by atoms with E-state index < -0.39 is 0 Å². The molecule has 0 spiro atoms. The van der Waals surface area contributed by atoms with Crippen LogP contribution in [-0.4, -0.2) is 15.9 Å². The van der Waals surface area contributed by atoms with E-state index in [-0.39, 0.29) is 5.91 Å². The number of aromatic nitrogens is 2. The standard InChI is InChI=1S/C20H17Cl2N3OS/c1-12-5-6-13(2)16(8-12)24-19(26)15-4-3-7-23-20(15)27-11-14-9-17(21)25-18(22)10-14/h3-10H,11H2,1-2H3,(H,24,26). The van der Waals surface area contributed by atoms with Gasteiger partial charge in [0.25, 0.3) is 5.91 Å². The lowest BCUT2D eigenvalue weighted by atomic mass is 10.1. The van der Waals surface area contributed by atoms with Crippen molar-refractivity contribution in [1.82, 2.24) is 9.97 Å². The SMILES string of the molecule is Cc1ccc(C)c(NC(=O)c2cccnc2SCc2cc(Cl)nc(Cl)c2)c1. The Morgan fingerprint density at radius 1 is 1.11 bits per heavy atom. The molecule has 138 valence electrons. The van der Waals surface area contributed by atoms with Crippen molar-refractivity contribution < 1.29 is 4.79 Å². The van der Waals surface area contributed by atoms with Crippen molar-refractivity contribution in [3.8, 4) is 0 Å². The Balaban J connectivity index is 1.78.